The molecule has 0 saturated carbocycles. The van der Waals surface area contributed by atoms with Crippen molar-refractivity contribution in [1.29, 1.82) is 0 Å². The number of amides is 3. The summed E-state index contributed by atoms with van der Waals surface area (Å²) in [5.41, 5.74) is 4.93. The van der Waals surface area contributed by atoms with Crippen molar-refractivity contribution in [2.45, 2.75) is 6.92 Å². The average Bonchev–Trinajstić information content (AvgIpc) is 2.95. The molecule has 0 saturated heterocycles. The van der Waals surface area contributed by atoms with E-state index in [9.17, 15) is 19.2 Å². The molecule has 0 spiro atoms. The van der Waals surface area contributed by atoms with Gasteiger partial charge in [0.1, 0.15) is 5.75 Å². The summed E-state index contributed by atoms with van der Waals surface area (Å²) in [6.07, 6.45) is 1.33. The number of para-hydroxylation sites is 1. The first-order chi connectivity index (χ1) is 19.3. The van der Waals surface area contributed by atoms with E-state index in [1.165, 1.54) is 18.3 Å². The maximum atomic E-state index is 12.7. The number of hydrogen-bond acceptors (Lipinski definition) is 6. The number of halogens is 1. The predicted molar refractivity (Wildman–Crippen MR) is 155 cm³/mol. The molecule has 0 aliphatic heterocycles. The molecule has 0 radical (unpaired) electrons. The van der Waals surface area contributed by atoms with Gasteiger partial charge in [-0.25, -0.2) is 10.2 Å². The summed E-state index contributed by atoms with van der Waals surface area (Å²) in [4.78, 5) is 49.8. The molecule has 9 nitrogen and oxygen atoms in total. The van der Waals surface area contributed by atoms with Crippen molar-refractivity contribution >= 4 is 57.2 Å². The zero-order valence-electron chi connectivity index (χ0n) is 21.2. The van der Waals surface area contributed by atoms with Gasteiger partial charge in [-0.15, -0.1) is 0 Å². The van der Waals surface area contributed by atoms with E-state index in [1.54, 1.807) is 72.8 Å². The molecule has 0 aromatic heterocycles. The summed E-state index contributed by atoms with van der Waals surface area (Å²) < 4.78 is 6.26. The summed E-state index contributed by atoms with van der Waals surface area (Å²) >= 11 is 3.34. The Morgan fingerprint density at radius 3 is 2.10 bits per heavy atom. The number of nitrogens with one attached hydrogen (secondary N) is 3. The molecule has 0 unspecified atom stereocenters. The Kier molecular flexibility index (Phi) is 9.16. The number of hydrazone groups is 1. The van der Waals surface area contributed by atoms with Crippen molar-refractivity contribution in [1.82, 2.24) is 5.43 Å². The number of carbonyl (C=O) groups excluding carboxylic acids is 4. The number of ether oxygens (including phenoxy) is 1. The number of hydrogen-bond donors (Lipinski definition) is 3. The van der Waals surface area contributed by atoms with E-state index in [1.807, 2.05) is 19.1 Å². The summed E-state index contributed by atoms with van der Waals surface area (Å²) in [6, 6.07) is 26.9. The molecule has 4 aromatic carbocycles. The van der Waals surface area contributed by atoms with Gasteiger partial charge in [-0.1, -0.05) is 46.3 Å². The number of carbonyl (C=O) groups is 4. The minimum atomic E-state index is -1.02. The number of esters is 1. The molecule has 0 fully saturated rings. The second-order valence-electron chi connectivity index (χ2n) is 8.43. The van der Waals surface area contributed by atoms with Crippen LogP contribution in [0.1, 0.15) is 31.8 Å². The first kappa shape index (κ1) is 27.9. The highest BCUT2D eigenvalue weighted by Gasteiger charge is 2.18. The van der Waals surface area contributed by atoms with Crippen molar-refractivity contribution in [2.75, 3.05) is 10.6 Å². The van der Waals surface area contributed by atoms with Crippen LogP contribution in [-0.4, -0.2) is 29.9 Å². The molecule has 4 rings (SSSR count). The lowest BCUT2D eigenvalue weighted by Gasteiger charge is -2.11. The lowest BCUT2D eigenvalue weighted by molar-refractivity contribution is -0.136. The Labute approximate surface area is 238 Å². The van der Waals surface area contributed by atoms with Crippen LogP contribution in [0, 0.1) is 6.92 Å². The normalized spacial score (nSPS) is 10.6. The van der Waals surface area contributed by atoms with Gasteiger partial charge < -0.3 is 15.4 Å². The maximum Gasteiger partial charge on any atom is 0.343 e. The number of anilines is 2. The van der Waals surface area contributed by atoms with Crippen LogP contribution in [0.4, 0.5) is 11.4 Å². The third-order valence-electron chi connectivity index (χ3n) is 5.56. The number of benzene rings is 4. The Morgan fingerprint density at radius 2 is 1.40 bits per heavy atom. The number of nitrogens with zero attached hydrogens (tertiary/aromatic N) is 1. The molecule has 200 valence electrons. The molecule has 3 N–H and O–H groups in total. The van der Waals surface area contributed by atoms with Crippen LogP contribution in [0.25, 0.3) is 0 Å². The first-order valence-corrected chi connectivity index (χ1v) is 12.8. The van der Waals surface area contributed by atoms with Gasteiger partial charge in [-0.3, -0.25) is 14.4 Å². The average molecular weight is 599 g/mol. The molecule has 0 atom stereocenters. The van der Waals surface area contributed by atoms with E-state index in [0.29, 0.717) is 22.6 Å². The largest absolute Gasteiger partial charge is 0.423 e. The highest BCUT2D eigenvalue weighted by atomic mass is 79.9. The highest BCUT2D eigenvalue weighted by Crippen LogP contribution is 2.19. The molecular weight excluding hydrogens is 576 g/mol. The Balaban J connectivity index is 1.31. The Hall–Kier alpha value is -5.09. The lowest BCUT2D eigenvalue weighted by atomic mass is 10.1. The summed E-state index contributed by atoms with van der Waals surface area (Å²) in [6.45, 7) is 1.82. The monoisotopic (exact) mass is 598 g/mol. The standard InChI is InChI=1S/C30H23BrN4O5/c1-19-6-2-3-7-24(19)30(39)40-23-16-10-20(11-17-23)18-32-35-29(38)28(37)34-26-9-5-4-8-25(26)27(36)33-22-14-12-21(31)13-15-22/h2-18H,1H3,(H,33,36)(H,34,37)(H,35,38)/b32-18+. The third kappa shape index (κ3) is 7.49. The quantitative estimate of drug-likeness (QED) is 0.0872. The van der Waals surface area contributed by atoms with Gasteiger partial charge in [0.15, 0.2) is 0 Å². The fraction of sp³-hybridized carbons (Fsp3) is 0.0333. The molecular formula is C30H23BrN4O5. The maximum absolute atomic E-state index is 12.7. The third-order valence-corrected chi connectivity index (χ3v) is 6.09. The van der Waals surface area contributed by atoms with Crippen molar-refractivity contribution in [3.63, 3.8) is 0 Å². The Bertz CT molecular complexity index is 1580. The van der Waals surface area contributed by atoms with Crippen LogP contribution in [0.2, 0.25) is 0 Å². The molecule has 3 amide bonds. The van der Waals surface area contributed by atoms with Gasteiger partial charge in [-0.05, 0) is 84.8 Å². The molecule has 0 aliphatic rings. The van der Waals surface area contributed by atoms with Crippen LogP contribution in [0.3, 0.4) is 0 Å². The molecule has 40 heavy (non-hydrogen) atoms. The molecule has 10 heteroatoms. The molecule has 4 aromatic rings. The van der Waals surface area contributed by atoms with Gasteiger partial charge in [0.25, 0.3) is 5.91 Å². The highest BCUT2D eigenvalue weighted by molar-refractivity contribution is 9.10. The summed E-state index contributed by atoms with van der Waals surface area (Å²) in [5.74, 6) is -2.60. The zero-order chi connectivity index (χ0) is 28.5. The molecule has 0 bridgehead atoms. The second-order valence-corrected chi connectivity index (χ2v) is 9.35. The van der Waals surface area contributed by atoms with E-state index in [0.717, 1.165) is 10.0 Å². The smallest absolute Gasteiger partial charge is 0.343 e. The molecule has 0 heterocycles. The predicted octanol–water partition coefficient (Wildman–Crippen LogP) is 5.32. The van der Waals surface area contributed by atoms with Gasteiger partial charge >= 0.3 is 17.8 Å². The van der Waals surface area contributed by atoms with Crippen molar-refractivity contribution in [2.24, 2.45) is 5.10 Å². The van der Waals surface area contributed by atoms with Crippen LogP contribution < -0.4 is 20.8 Å². The SMILES string of the molecule is Cc1ccccc1C(=O)Oc1ccc(/C=N/NC(=O)C(=O)Nc2ccccc2C(=O)Nc2ccc(Br)cc2)cc1. The van der Waals surface area contributed by atoms with Gasteiger partial charge in [0.05, 0.1) is 23.0 Å². The minimum absolute atomic E-state index is 0.164. The van der Waals surface area contributed by atoms with Crippen molar-refractivity contribution in [3.8, 4) is 5.75 Å². The molecule has 0 aliphatic carbocycles. The first-order valence-electron chi connectivity index (χ1n) is 12.0. The van der Waals surface area contributed by atoms with Gasteiger partial charge in [0.2, 0.25) is 0 Å². The van der Waals surface area contributed by atoms with E-state index < -0.39 is 23.7 Å². The van der Waals surface area contributed by atoms with E-state index in [4.69, 9.17) is 4.74 Å². The second kappa shape index (κ2) is 13.1. The summed E-state index contributed by atoms with van der Waals surface area (Å²) in [7, 11) is 0. The minimum Gasteiger partial charge on any atom is -0.423 e. The van der Waals surface area contributed by atoms with Crippen LogP contribution in [-0.2, 0) is 9.59 Å². The van der Waals surface area contributed by atoms with Crippen molar-refractivity contribution in [3.05, 3.63) is 124 Å². The summed E-state index contributed by atoms with van der Waals surface area (Å²) in [5, 5.41) is 8.98. The lowest BCUT2D eigenvalue weighted by Crippen LogP contribution is -2.33. The van der Waals surface area contributed by atoms with Crippen LogP contribution >= 0.6 is 15.9 Å². The van der Waals surface area contributed by atoms with Crippen LogP contribution in [0.15, 0.2) is 107 Å². The fourth-order valence-corrected chi connectivity index (χ4v) is 3.77. The number of aryl methyl sites for hydroxylation is 1. The van der Waals surface area contributed by atoms with E-state index in [2.05, 4.69) is 37.1 Å². The van der Waals surface area contributed by atoms with Gasteiger partial charge in [0, 0.05) is 10.2 Å². The van der Waals surface area contributed by atoms with Crippen molar-refractivity contribution < 1.29 is 23.9 Å². The van der Waals surface area contributed by atoms with E-state index >= 15 is 0 Å². The fourth-order valence-electron chi connectivity index (χ4n) is 3.50. The zero-order valence-corrected chi connectivity index (χ0v) is 22.8. The van der Waals surface area contributed by atoms with E-state index in [-0.39, 0.29) is 11.3 Å². The number of rotatable bonds is 7. The topological polar surface area (TPSA) is 126 Å². The Morgan fingerprint density at radius 1 is 0.750 bits per heavy atom. The van der Waals surface area contributed by atoms with Gasteiger partial charge in [-0.2, -0.15) is 5.10 Å². The van der Waals surface area contributed by atoms with Crippen LogP contribution in [0.5, 0.6) is 5.75 Å².